The average Bonchev–Trinajstić information content (AvgIpc) is 3.19. The highest BCUT2D eigenvalue weighted by Gasteiger charge is 2.16. The van der Waals surface area contributed by atoms with Crippen molar-refractivity contribution in [3.63, 3.8) is 0 Å². The van der Waals surface area contributed by atoms with Crippen molar-refractivity contribution >= 4 is 21.5 Å². The molecule has 4 rings (SSSR count). The van der Waals surface area contributed by atoms with Crippen LogP contribution in [0.2, 0.25) is 0 Å². The number of aromatic nitrogens is 2. The molecule has 2 N–H and O–H groups in total. The van der Waals surface area contributed by atoms with Gasteiger partial charge in [-0.1, -0.05) is 48.5 Å². The Morgan fingerprint density at radius 1 is 0.862 bits per heavy atom. The molecule has 0 bridgehead atoms. The van der Waals surface area contributed by atoms with E-state index in [2.05, 4.69) is 0 Å². The van der Waals surface area contributed by atoms with Crippen molar-refractivity contribution in [1.82, 2.24) is 9.78 Å². The number of primary sulfonamides is 1. The molecule has 0 unspecified atom stereocenters. The van der Waals surface area contributed by atoms with E-state index in [4.69, 9.17) is 10.2 Å². The second-order valence-electron chi connectivity index (χ2n) is 6.60. The third-order valence-corrected chi connectivity index (χ3v) is 5.59. The summed E-state index contributed by atoms with van der Waals surface area (Å²) < 4.78 is 24.9. The first-order chi connectivity index (χ1) is 13.9. The lowest BCUT2D eigenvalue weighted by molar-refractivity contribution is 0.598. The van der Waals surface area contributed by atoms with Gasteiger partial charge in [-0.15, -0.1) is 5.10 Å². The van der Waals surface area contributed by atoms with Crippen LogP contribution in [0, 0.1) is 0 Å². The normalized spacial score (nSPS) is 11.4. The van der Waals surface area contributed by atoms with E-state index < -0.39 is 10.0 Å². The van der Waals surface area contributed by atoms with Gasteiger partial charge in [0, 0.05) is 24.4 Å². The molecule has 146 valence electrons. The van der Waals surface area contributed by atoms with Crippen LogP contribution < -0.4 is 10.0 Å². The molecule has 1 aromatic heterocycles. The molecule has 1 heterocycles. The van der Waals surface area contributed by atoms with Gasteiger partial charge in [0.2, 0.25) is 10.0 Å². The first-order valence-corrected chi connectivity index (χ1v) is 10.6. The van der Waals surface area contributed by atoms with Crippen molar-refractivity contribution in [2.45, 2.75) is 4.90 Å². The Kier molecular flexibility index (Phi) is 4.92. The lowest BCUT2D eigenvalue weighted by Gasteiger charge is -2.15. The molecule has 0 aliphatic heterocycles. The van der Waals surface area contributed by atoms with E-state index in [1.54, 1.807) is 16.8 Å². The third kappa shape index (κ3) is 3.91. The van der Waals surface area contributed by atoms with Crippen molar-refractivity contribution in [2.24, 2.45) is 5.14 Å². The highest BCUT2D eigenvalue weighted by Crippen LogP contribution is 2.30. The molecule has 0 atom stereocenters. The second-order valence-corrected chi connectivity index (χ2v) is 8.16. The van der Waals surface area contributed by atoms with E-state index in [1.165, 1.54) is 12.1 Å². The van der Waals surface area contributed by atoms with Crippen molar-refractivity contribution in [2.75, 3.05) is 11.9 Å². The molecule has 3 aromatic carbocycles. The van der Waals surface area contributed by atoms with E-state index in [0.717, 1.165) is 28.5 Å². The standard InChI is InChI=1S/C22H20N4O2S/c1-25(18-10-6-3-7-11-18)22-16-21(17-8-4-2-5-9-17)26(24-22)19-12-14-20(15-13-19)29(23,27)28/h2-16H,1H3,(H2,23,27,28). The minimum Gasteiger partial charge on any atom is -0.328 e. The topological polar surface area (TPSA) is 81.2 Å². The molecule has 0 radical (unpaired) electrons. The fraction of sp³-hybridized carbons (Fsp3) is 0.0455. The number of anilines is 2. The summed E-state index contributed by atoms with van der Waals surface area (Å²) >= 11 is 0. The zero-order chi connectivity index (χ0) is 20.4. The Labute approximate surface area is 169 Å². The molecule has 4 aromatic rings. The van der Waals surface area contributed by atoms with E-state index >= 15 is 0 Å². The molecule has 7 heteroatoms. The Morgan fingerprint density at radius 2 is 1.45 bits per heavy atom. The Balaban J connectivity index is 1.83. The molecule has 0 aliphatic carbocycles. The van der Waals surface area contributed by atoms with Gasteiger partial charge >= 0.3 is 0 Å². The minimum absolute atomic E-state index is 0.0660. The van der Waals surface area contributed by atoms with Gasteiger partial charge in [0.15, 0.2) is 5.82 Å². The Morgan fingerprint density at radius 3 is 2.03 bits per heavy atom. The molecule has 0 saturated carbocycles. The second kappa shape index (κ2) is 7.54. The summed E-state index contributed by atoms with van der Waals surface area (Å²) in [4.78, 5) is 2.07. The molecule has 6 nitrogen and oxygen atoms in total. The van der Waals surface area contributed by atoms with Gasteiger partial charge in [-0.3, -0.25) is 0 Å². The van der Waals surface area contributed by atoms with E-state index in [1.807, 2.05) is 78.7 Å². The fourth-order valence-corrected chi connectivity index (χ4v) is 3.62. The monoisotopic (exact) mass is 404 g/mol. The number of hydrogen-bond acceptors (Lipinski definition) is 4. The van der Waals surface area contributed by atoms with Crippen molar-refractivity contribution in [3.05, 3.63) is 91.0 Å². The summed E-state index contributed by atoms with van der Waals surface area (Å²) in [6, 6.07) is 28.3. The number of nitrogens with two attached hydrogens (primary N) is 1. The zero-order valence-electron chi connectivity index (χ0n) is 15.8. The smallest absolute Gasteiger partial charge is 0.238 e. The fourth-order valence-electron chi connectivity index (χ4n) is 3.10. The van der Waals surface area contributed by atoms with Crippen LogP contribution in [0.5, 0.6) is 0 Å². The number of rotatable bonds is 5. The molecule has 0 aliphatic rings. The van der Waals surface area contributed by atoms with Crippen LogP contribution in [0.3, 0.4) is 0 Å². The molecule has 0 spiro atoms. The van der Waals surface area contributed by atoms with Crippen LogP contribution >= 0.6 is 0 Å². The van der Waals surface area contributed by atoms with Gasteiger partial charge in [-0.05, 0) is 36.4 Å². The van der Waals surface area contributed by atoms with Gasteiger partial charge in [-0.25, -0.2) is 18.2 Å². The van der Waals surface area contributed by atoms with Crippen LogP contribution in [0.1, 0.15) is 0 Å². The van der Waals surface area contributed by atoms with Crippen molar-refractivity contribution < 1.29 is 8.42 Å². The van der Waals surface area contributed by atoms with Gasteiger partial charge in [-0.2, -0.15) is 0 Å². The molecule has 29 heavy (non-hydrogen) atoms. The van der Waals surface area contributed by atoms with Gasteiger partial charge in [0.25, 0.3) is 0 Å². The number of benzene rings is 3. The maximum atomic E-state index is 11.6. The lowest BCUT2D eigenvalue weighted by Crippen LogP contribution is -2.12. The number of hydrogen-bond donors (Lipinski definition) is 1. The summed E-state index contributed by atoms with van der Waals surface area (Å²) in [6.07, 6.45) is 0. The zero-order valence-corrected chi connectivity index (χ0v) is 16.6. The van der Waals surface area contributed by atoms with Crippen LogP contribution in [-0.4, -0.2) is 25.2 Å². The summed E-state index contributed by atoms with van der Waals surface area (Å²) in [5, 5.41) is 10.0. The predicted octanol–water partition coefficient (Wildman–Crippen LogP) is 3.95. The quantitative estimate of drug-likeness (QED) is 0.546. The highest BCUT2D eigenvalue weighted by atomic mass is 32.2. The average molecular weight is 404 g/mol. The molecular formula is C22H20N4O2S. The van der Waals surface area contributed by atoms with E-state index in [-0.39, 0.29) is 4.90 Å². The highest BCUT2D eigenvalue weighted by molar-refractivity contribution is 7.89. The summed E-state index contributed by atoms with van der Waals surface area (Å²) in [6.45, 7) is 0. The Bertz CT molecular complexity index is 1220. The Hall–Kier alpha value is -3.42. The van der Waals surface area contributed by atoms with Crippen LogP contribution in [-0.2, 0) is 10.0 Å². The largest absolute Gasteiger partial charge is 0.328 e. The van der Waals surface area contributed by atoms with Gasteiger partial charge < -0.3 is 4.90 Å². The van der Waals surface area contributed by atoms with Gasteiger partial charge in [0.1, 0.15) is 0 Å². The number of nitrogens with zero attached hydrogens (tertiary/aromatic N) is 3. The summed E-state index contributed by atoms with van der Waals surface area (Å²) in [5.74, 6) is 0.769. The first kappa shape index (κ1) is 18.9. The lowest BCUT2D eigenvalue weighted by atomic mass is 10.1. The van der Waals surface area contributed by atoms with Crippen LogP contribution in [0.25, 0.3) is 16.9 Å². The summed E-state index contributed by atoms with van der Waals surface area (Å²) in [5.41, 5.74) is 3.65. The molecule has 0 amide bonds. The molecular weight excluding hydrogens is 384 g/mol. The molecule has 0 fully saturated rings. The maximum absolute atomic E-state index is 11.6. The number of para-hydroxylation sites is 1. The van der Waals surface area contributed by atoms with E-state index in [9.17, 15) is 8.42 Å². The van der Waals surface area contributed by atoms with Gasteiger partial charge in [0.05, 0.1) is 16.3 Å². The molecule has 0 saturated heterocycles. The van der Waals surface area contributed by atoms with Crippen molar-refractivity contribution in [1.29, 1.82) is 0 Å². The first-order valence-electron chi connectivity index (χ1n) is 9.01. The maximum Gasteiger partial charge on any atom is 0.238 e. The van der Waals surface area contributed by atoms with Crippen LogP contribution in [0.4, 0.5) is 11.5 Å². The van der Waals surface area contributed by atoms with E-state index in [0.29, 0.717) is 0 Å². The number of sulfonamides is 1. The van der Waals surface area contributed by atoms with Crippen LogP contribution in [0.15, 0.2) is 95.9 Å². The predicted molar refractivity (Wildman–Crippen MR) is 115 cm³/mol. The minimum atomic E-state index is -3.75. The third-order valence-electron chi connectivity index (χ3n) is 4.66. The SMILES string of the molecule is CN(c1ccccc1)c1cc(-c2ccccc2)n(-c2ccc(S(N)(=O)=O)cc2)n1. The van der Waals surface area contributed by atoms with Crippen molar-refractivity contribution in [3.8, 4) is 16.9 Å². The summed E-state index contributed by atoms with van der Waals surface area (Å²) in [7, 11) is -1.79.